The lowest BCUT2D eigenvalue weighted by molar-refractivity contribution is -0.124. The predicted molar refractivity (Wildman–Crippen MR) is 112 cm³/mol. The highest BCUT2D eigenvalue weighted by molar-refractivity contribution is 8.26. The second-order valence-electron chi connectivity index (χ2n) is 6.55. The molecule has 0 unspecified atom stereocenters. The predicted octanol–water partition coefficient (Wildman–Crippen LogP) is 6.09. The maximum absolute atomic E-state index is 13.1. The van der Waals surface area contributed by atoms with E-state index >= 15 is 0 Å². The number of benzene rings is 1. The molecule has 26 heavy (non-hydrogen) atoms. The number of thioether (sulfide) groups is 1. The van der Waals surface area contributed by atoms with Crippen LogP contribution in [0.2, 0.25) is 0 Å². The average molecular weight is 404 g/mol. The maximum atomic E-state index is 13.1. The first-order valence-electron chi connectivity index (χ1n) is 8.75. The van der Waals surface area contributed by atoms with Gasteiger partial charge in [0, 0.05) is 15.8 Å². The zero-order valence-electron chi connectivity index (χ0n) is 14.1. The number of thiophene rings is 1. The van der Waals surface area contributed by atoms with Gasteiger partial charge in [-0.3, -0.25) is 9.69 Å². The van der Waals surface area contributed by atoms with E-state index in [4.69, 9.17) is 12.2 Å². The molecule has 0 atom stereocenters. The van der Waals surface area contributed by atoms with Gasteiger partial charge in [0.2, 0.25) is 0 Å². The molecular formula is C20H18FNOS3. The number of carbonyl (C=O) groups is 1. The minimum Gasteiger partial charge on any atom is -0.290 e. The van der Waals surface area contributed by atoms with Crippen LogP contribution in [0, 0.1) is 5.82 Å². The van der Waals surface area contributed by atoms with Crippen molar-refractivity contribution in [1.82, 2.24) is 4.90 Å². The number of amides is 1. The van der Waals surface area contributed by atoms with Crippen molar-refractivity contribution in [3.8, 4) is 10.4 Å². The molecule has 2 aliphatic rings. The molecular weight excluding hydrogens is 385 g/mol. The van der Waals surface area contributed by atoms with Crippen LogP contribution in [0.5, 0.6) is 0 Å². The van der Waals surface area contributed by atoms with Gasteiger partial charge in [0.15, 0.2) is 0 Å². The molecule has 6 heteroatoms. The fraction of sp³-hybridized carbons (Fsp3) is 0.300. The second-order valence-corrected chi connectivity index (χ2v) is 9.34. The highest BCUT2D eigenvalue weighted by atomic mass is 32.2. The van der Waals surface area contributed by atoms with Gasteiger partial charge in [-0.1, -0.05) is 55.4 Å². The van der Waals surface area contributed by atoms with E-state index in [-0.39, 0.29) is 17.8 Å². The van der Waals surface area contributed by atoms with Crippen LogP contribution in [0.15, 0.2) is 41.3 Å². The van der Waals surface area contributed by atoms with Crippen LogP contribution in [-0.2, 0) is 4.79 Å². The molecule has 1 aliphatic heterocycles. The van der Waals surface area contributed by atoms with Crippen molar-refractivity contribution in [2.45, 2.75) is 38.1 Å². The smallest absolute Gasteiger partial charge is 0.266 e. The van der Waals surface area contributed by atoms with Crippen molar-refractivity contribution < 1.29 is 9.18 Å². The van der Waals surface area contributed by atoms with Crippen LogP contribution >= 0.6 is 35.3 Å². The molecule has 134 valence electrons. The fourth-order valence-corrected chi connectivity index (χ4v) is 5.89. The quantitative estimate of drug-likeness (QED) is 0.457. The summed E-state index contributed by atoms with van der Waals surface area (Å²) in [5.74, 6) is -0.194. The highest BCUT2D eigenvalue weighted by Crippen LogP contribution is 2.38. The third kappa shape index (κ3) is 3.63. The first-order valence-corrected chi connectivity index (χ1v) is 10.8. The summed E-state index contributed by atoms with van der Waals surface area (Å²) in [7, 11) is 0. The molecule has 2 heterocycles. The Hall–Kier alpha value is -1.50. The van der Waals surface area contributed by atoms with Gasteiger partial charge >= 0.3 is 0 Å². The highest BCUT2D eigenvalue weighted by Gasteiger charge is 2.37. The van der Waals surface area contributed by atoms with Crippen molar-refractivity contribution in [3.63, 3.8) is 0 Å². The molecule has 0 spiro atoms. The van der Waals surface area contributed by atoms with E-state index in [9.17, 15) is 9.18 Å². The van der Waals surface area contributed by atoms with Gasteiger partial charge < -0.3 is 0 Å². The van der Waals surface area contributed by atoms with Crippen molar-refractivity contribution in [3.05, 3.63) is 52.0 Å². The first-order chi connectivity index (χ1) is 12.6. The lowest BCUT2D eigenvalue weighted by Gasteiger charge is -2.29. The summed E-state index contributed by atoms with van der Waals surface area (Å²) < 4.78 is 13.8. The fourth-order valence-electron chi connectivity index (χ4n) is 3.46. The van der Waals surface area contributed by atoms with Crippen LogP contribution in [0.3, 0.4) is 0 Å². The lowest BCUT2D eigenvalue weighted by atomic mass is 9.94. The van der Waals surface area contributed by atoms with E-state index in [0.717, 1.165) is 28.2 Å². The van der Waals surface area contributed by atoms with Gasteiger partial charge in [-0.25, -0.2) is 4.39 Å². The summed E-state index contributed by atoms with van der Waals surface area (Å²) in [6, 6.07) is 10.7. The number of rotatable bonds is 3. The van der Waals surface area contributed by atoms with Crippen molar-refractivity contribution in [1.29, 1.82) is 0 Å². The number of nitrogens with zero attached hydrogens (tertiary/aromatic N) is 1. The van der Waals surface area contributed by atoms with Gasteiger partial charge in [-0.15, -0.1) is 11.3 Å². The van der Waals surface area contributed by atoms with Gasteiger partial charge in [-0.05, 0) is 48.7 Å². The van der Waals surface area contributed by atoms with E-state index in [1.807, 2.05) is 23.1 Å². The Kier molecular flexibility index (Phi) is 5.25. The molecule has 1 saturated carbocycles. The molecule has 0 radical (unpaired) electrons. The Balaban J connectivity index is 1.54. The molecule has 4 rings (SSSR count). The standard InChI is InChI=1S/C20H18FNOS3/c21-14-8-6-13(7-9-14)17-11-10-16(25-17)12-18-19(23)22(20(24)26-18)15-4-2-1-3-5-15/h6-12,15H,1-5H2/b18-12-. The summed E-state index contributed by atoms with van der Waals surface area (Å²) in [5.41, 5.74) is 0.978. The van der Waals surface area contributed by atoms with Crippen LogP contribution in [0.4, 0.5) is 4.39 Å². The molecule has 1 aromatic heterocycles. The summed E-state index contributed by atoms with van der Waals surface area (Å²) in [6.07, 6.45) is 7.63. The minimum absolute atomic E-state index is 0.0450. The monoisotopic (exact) mass is 403 g/mol. The van der Waals surface area contributed by atoms with Gasteiger partial charge in [0.25, 0.3) is 5.91 Å². The Morgan fingerprint density at radius 3 is 2.54 bits per heavy atom. The molecule has 1 saturated heterocycles. The summed E-state index contributed by atoms with van der Waals surface area (Å²) >= 11 is 8.48. The molecule has 2 aromatic rings. The third-order valence-electron chi connectivity index (χ3n) is 4.79. The van der Waals surface area contributed by atoms with E-state index < -0.39 is 0 Å². The summed E-state index contributed by atoms with van der Waals surface area (Å²) in [4.78, 5) is 17.4. The number of hydrogen-bond acceptors (Lipinski definition) is 4. The first kappa shape index (κ1) is 17.9. The zero-order valence-corrected chi connectivity index (χ0v) is 16.6. The molecule has 2 nitrogen and oxygen atoms in total. The van der Waals surface area contributed by atoms with Crippen molar-refractivity contribution in [2.75, 3.05) is 0 Å². The van der Waals surface area contributed by atoms with E-state index in [1.54, 1.807) is 23.5 Å². The number of thiocarbonyl (C=S) groups is 1. The molecule has 1 amide bonds. The lowest BCUT2D eigenvalue weighted by Crippen LogP contribution is -2.39. The number of carbonyl (C=O) groups excluding carboxylic acids is 1. The number of hydrogen-bond donors (Lipinski definition) is 0. The molecule has 2 fully saturated rings. The normalized spacial score (nSPS) is 20.3. The zero-order chi connectivity index (χ0) is 18.1. The third-order valence-corrected chi connectivity index (χ3v) is 7.20. The average Bonchev–Trinajstić information content (AvgIpc) is 3.21. The van der Waals surface area contributed by atoms with Crippen LogP contribution in [-0.4, -0.2) is 21.2 Å². The van der Waals surface area contributed by atoms with E-state index in [2.05, 4.69) is 0 Å². The maximum Gasteiger partial charge on any atom is 0.266 e. The van der Waals surface area contributed by atoms with Crippen molar-refractivity contribution in [2.24, 2.45) is 0 Å². The van der Waals surface area contributed by atoms with Crippen molar-refractivity contribution >= 4 is 51.6 Å². The SMILES string of the molecule is O=C1/C(=C/c2ccc(-c3ccc(F)cc3)s2)SC(=S)N1C1CCCCC1. The Labute approximate surface area is 166 Å². The molecule has 1 aliphatic carbocycles. The largest absolute Gasteiger partial charge is 0.290 e. The molecule has 0 N–H and O–H groups in total. The molecule has 0 bridgehead atoms. The topological polar surface area (TPSA) is 20.3 Å². The van der Waals surface area contributed by atoms with E-state index in [0.29, 0.717) is 9.23 Å². The summed E-state index contributed by atoms with van der Waals surface area (Å²) in [5, 5.41) is 0. The summed E-state index contributed by atoms with van der Waals surface area (Å²) in [6.45, 7) is 0. The van der Waals surface area contributed by atoms with Gasteiger partial charge in [0.1, 0.15) is 10.1 Å². The Morgan fingerprint density at radius 1 is 1.08 bits per heavy atom. The van der Waals surface area contributed by atoms with Crippen LogP contribution in [0.1, 0.15) is 37.0 Å². The Bertz CT molecular complexity index is 865. The second kappa shape index (κ2) is 7.62. The van der Waals surface area contributed by atoms with Gasteiger partial charge in [0.05, 0.1) is 4.91 Å². The number of halogens is 1. The van der Waals surface area contributed by atoms with E-state index in [1.165, 1.54) is 43.2 Å². The van der Waals surface area contributed by atoms with Crippen LogP contribution in [0.25, 0.3) is 16.5 Å². The van der Waals surface area contributed by atoms with Gasteiger partial charge in [-0.2, -0.15) is 0 Å². The van der Waals surface area contributed by atoms with Crippen LogP contribution < -0.4 is 0 Å². The minimum atomic E-state index is -0.239. The Morgan fingerprint density at radius 2 is 1.81 bits per heavy atom. The molecule has 1 aromatic carbocycles.